The van der Waals surface area contributed by atoms with Gasteiger partial charge in [0.2, 0.25) is 5.91 Å². The van der Waals surface area contributed by atoms with Crippen molar-refractivity contribution >= 4 is 23.2 Å². The van der Waals surface area contributed by atoms with Gasteiger partial charge in [-0.1, -0.05) is 11.6 Å². The minimum absolute atomic E-state index is 0.0105. The molecule has 1 saturated carbocycles. The van der Waals surface area contributed by atoms with E-state index in [9.17, 15) is 14.9 Å². The van der Waals surface area contributed by atoms with Crippen LogP contribution in [0.3, 0.4) is 0 Å². The van der Waals surface area contributed by atoms with Gasteiger partial charge >= 0.3 is 0 Å². The summed E-state index contributed by atoms with van der Waals surface area (Å²) in [5.41, 5.74) is 0.596. The SMILES string of the molecule is O=C(CNCc1cc([N+](=O)[O-])ccc1Cl)NC1CC1. The maximum Gasteiger partial charge on any atom is 0.269 e. The third kappa shape index (κ3) is 4.18. The second-order valence-electron chi connectivity index (χ2n) is 4.48. The average Bonchev–Trinajstić information content (AvgIpc) is 3.15. The molecular weight excluding hydrogens is 270 g/mol. The lowest BCUT2D eigenvalue weighted by Crippen LogP contribution is -2.34. The monoisotopic (exact) mass is 283 g/mol. The molecule has 2 rings (SSSR count). The molecule has 0 heterocycles. The van der Waals surface area contributed by atoms with Crippen molar-refractivity contribution in [1.29, 1.82) is 0 Å². The third-order valence-electron chi connectivity index (χ3n) is 2.78. The van der Waals surface area contributed by atoms with E-state index >= 15 is 0 Å². The van der Waals surface area contributed by atoms with E-state index in [0.29, 0.717) is 23.2 Å². The summed E-state index contributed by atoms with van der Waals surface area (Å²) in [5, 5.41) is 16.9. The molecule has 0 bridgehead atoms. The lowest BCUT2D eigenvalue weighted by molar-refractivity contribution is -0.384. The molecule has 1 amide bonds. The van der Waals surface area contributed by atoms with E-state index in [1.807, 2.05) is 0 Å². The second-order valence-corrected chi connectivity index (χ2v) is 4.89. The van der Waals surface area contributed by atoms with Gasteiger partial charge in [0.25, 0.3) is 5.69 Å². The molecule has 0 atom stereocenters. The molecule has 19 heavy (non-hydrogen) atoms. The number of non-ortho nitro benzene ring substituents is 1. The third-order valence-corrected chi connectivity index (χ3v) is 3.15. The number of nitrogens with one attached hydrogen (secondary N) is 2. The van der Waals surface area contributed by atoms with Gasteiger partial charge in [0.1, 0.15) is 0 Å². The molecule has 0 unspecified atom stereocenters. The molecule has 6 nitrogen and oxygen atoms in total. The van der Waals surface area contributed by atoms with Crippen LogP contribution < -0.4 is 10.6 Å². The molecular formula is C12H14ClN3O3. The van der Waals surface area contributed by atoms with Crippen LogP contribution in [0.2, 0.25) is 5.02 Å². The van der Waals surface area contributed by atoms with E-state index in [4.69, 9.17) is 11.6 Å². The molecule has 2 N–H and O–H groups in total. The average molecular weight is 284 g/mol. The number of carbonyl (C=O) groups excluding carboxylic acids is 1. The highest BCUT2D eigenvalue weighted by Crippen LogP contribution is 2.21. The van der Waals surface area contributed by atoms with E-state index < -0.39 is 4.92 Å². The van der Waals surface area contributed by atoms with Crippen LogP contribution in [-0.4, -0.2) is 23.4 Å². The number of amides is 1. The zero-order valence-corrected chi connectivity index (χ0v) is 10.9. The summed E-state index contributed by atoms with van der Waals surface area (Å²) in [7, 11) is 0. The second kappa shape index (κ2) is 5.99. The molecule has 0 saturated heterocycles. The maximum absolute atomic E-state index is 11.4. The van der Waals surface area contributed by atoms with Gasteiger partial charge in [-0.2, -0.15) is 0 Å². The molecule has 0 aromatic heterocycles. The number of benzene rings is 1. The Morgan fingerprint density at radius 2 is 2.21 bits per heavy atom. The fourth-order valence-corrected chi connectivity index (χ4v) is 1.81. The Morgan fingerprint density at radius 1 is 1.47 bits per heavy atom. The highest BCUT2D eigenvalue weighted by molar-refractivity contribution is 6.31. The van der Waals surface area contributed by atoms with Gasteiger partial charge in [-0.25, -0.2) is 0 Å². The van der Waals surface area contributed by atoms with E-state index in [-0.39, 0.29) is 18.1 Å². The van der Waals surface area contributed by atoms with E-state index in [2.05, 4.69) is 10.6 Å². The van der Waals surface area contributed by atoms with Gasteiger partial charge in [0, 0.05) is 29.7 Å². The number of halogens is 1. The van der Waals surface area contributed by atoms with Crippen LogP contribution in [0.1, 0.15) is 18.4 Å². The Hall–Kier alpha value is -1.66. The van der Waals surface area contributed by atoms with Crippen molar-refractivity contribution < 1.29 is 9.72 Å². The largest absolute Gasteiger partial charge is 0.352 e. The Labute approximate surface area is 115 Å². The molecule has 1 aliphatic rings. The molecule has 1 fully saturated rings. The van der Waals surface area contributed by atoms with Crippen LogP contribution >= 0.6 is 11.6 Å². The quantitative estimate of drug-likeness (QED) is 0.614. The van der Waals surface area contributed by atoms with Gasteiger partial charge in [0.05, 0.1) is 11.5 Å². The fourth-order valence-electron chi connectivity index (χ4n) is 1.63. The Balaban J connectivity index is 1.85. The van der Waals surface area contributed by atoms with E-state index in [0.717, 1.165) is 12.8 Å². The van der Waals surface area contributed by atoms with Crippen LogP contribution in [0, 0.1) is 10.1 Å². The van der Waals surface area contributed by atoms with Gasteiger partial charge in [-0.05, 0) is 24.5 Å². The molecule has 1 aliphatic carbocycles. The summed E-state index contributed by atoms with van der Waals surface area (Å²) >= 11 is 5.95. The molecule has 7 heteroatoms. The topological polar surface area (TPSA) is 84.3 Å². The first-order valence-corrected chi connectivity index (χ1v) is 6.37. The van der Waals surface area contributed by atoms with Crippen LogP contribution in [-0.2, 0) is 11.3 Å². The number of rotatable bonds is 6. The van der Waals surface area contributed by atoms with Crippen LogP contribution in [0.5, 0.6) is 0 Å². The molecule has 1 aromatic rings. The number of hydrogen-bond donors (Lipinski definition) is 2. The predicted octanol–water partition coefficient (Wildman–Crippen LogP) is 1.62. The van der Waals surface area contributed by atoms with E-state index in [1.54, 1.807) is 0 Å². The molecule has 0 aliphatic heterocycles. The molecule has 1 aromatic carbocycles. The summed E-state index contributed by atoms with van der Waals surface area (Å²) in [6.45, 7) is 0.494. The lowest BCUT2D eigenvalue weighted by Gasteiger charge is -2.07. The van der Waals surface area contributed by atoms with Crippen molar-refractivity contribution in [2.75, 3.05) is 6.54 Å². The van der Waals surface area contributed by atoms with Crippen molar-refractivity contribution in [1.82, 2.24) is 10.6 Å². The van der Waals surface area contributed by atoms with Crippen molar-refractivity contribution in [3.05, 3.63) is 38.9 Å². The number of nitrogens with zero attached hydrogens (tertiary/aromatic N) is 1. The van der Waals surface area contributed by atoms with Crippen molar-refractivity contribution in [2.45, 2.75) is 25.4 Å². The van der Waals surface area contributed by atoms with Gasteiger partial charge in [-0.3, -0.25) is 14.9 Å². The zero-order valence-electron chi connectivity index (χ0n) is 10.2. The summed E-state index contributed by atoms with van der Waals surface area (Å²) in [5.74, 6) is -0.0657. The van der Waals surface area contributed by atoms with Crippen LogP contribution in [0.15, 0.2) is 18.2 Å². The summed E-state index contributed by atoms with van der Waals surface area (Å²) < 4.78 is 0. The zero-order chi connectivity index (χ0) is 13.8. The molecule has 0 spiro atoms. The van der Waals surface area contributed by atoms with Gasteiger partial charge in [0.15, 0.2) is 0 Å². The fraction of sp³-hybridized carbons (Fsp3) is 0.417. The maximum atomic E-state index is 11.4. The number of hydrogen-bond acceptors (Lipinski definition) is 4. The van der Waals surface area contributed by atoms with Crippen molar-refractivity contribution in [3.8, 4) is 0 Å². The minimum Gasteiger partial charge on any atom is -0.352 e. The predicted molar refractivity (Wildman–Crippen MR) is 71.0 cm³/mol. The summed E-state index contributed by atoms with van der Waals surface area (Å²) in [6, 6.07) is 4.58. The number of nitro groups is 1. The van der Waals surface area contributed by atoms with Crippen LogP contribution in [0.4, 0.5) is 5.69 Å². The Morgan fingerprint density at radius 3 is 2.84 bits per heavy atom. The van der Waals surface area contributed by atoms with Crippen LogP contribution in [0.25, 0.3) is 0 Å². The normalized spacial score (nSPS) is 14.2. The smallest absolute Gasteiger partial charge is 0.269 e. The Kier molecular flexibility index (Phi) is 4.34. The highest BCUT2D eigenvalue weighted by atomic mass is 35.5. The first kappa shape index (κ1) is 13.8. The molecule has 0 radical (unpaired) electrons. The molecule has 102 valence electrons. The minimum atomic E-state index is -0.473. The van der Waals surface area contributed by atoms with Crippen molar-refractivity contribution in [3.63, 3.8) is 0 Å². The first-order chi connectivity index (χ1) is 9.06. The standard InChI is InChI=1S/C12H14ClN3O3/c13-11-4-3-10(16(18)19)5-8(11)6-14-7-12(17)15-9-1-2-9/h3-5,9,14H,1-2,6-7H2,(H,15,17). The van der Waals surface area contributed by atoms with Gasteiger partial charge in [-0.15, -0.1) is 0 Å². The van der Waals surface area contributed by atoms with E-state index in [1.165, 1.54) is 18.2 Å². The number of carbonyl (C=O) groups is 1. The first-order valence-electron chi connectivity index (χ1n) is 5.99. The highest BCUT2D eigenvalue weighted by Gasteiger charge is 2.22. The number of nitro benzene ring substituents is 1. The van der Waals surface area contributed by atoms with Gasteiger partial charge < -0.3 is 10.6 Å². The summed E-state index contributed by atoms with van der Waals surface area (Å²) in [4.78, 5) is 21.6. The Bertz CT molecular complexity index is 503. The van der Waals surface area contributed by atoms with Crippen molar-refractivity contribution in [2.24, 2.45) is 0 Å². The summed E-state index contributed by atoms with van der Waals surface area (Å²) in [6.07, 6.45) is 2.09. The lowest BCUT2D eigenvalue weighted by atomic mass is 10.2.